The third kappa shape index (κ3) is 6.10. The maximum atomic E-state index is 12.2. The highest BCUT2D eigenvalue weighted by Gasteiger charge is 2.17. The second-order valence-electron chi connectivity index (χ2n) is 8.74. The third-order valence-electron chi connectivity index (χ3n) is 5.84. The van der Waals surface area contributed by atoms with Gasteiger partial charge in [0.25, 0.3) is 0 Å². The van der Waals surface area contributed by atoms with Gasteiger partial charge in [0.15, 0.2) is 0 Å². The van der Waals surface area contributed by atoms with Gasteiger partial charge in [0.1, 0.15) is 11.6 Å². The van der Waals surface area contributed by atoms with E-state index in [0.717, 1.165) is 34.2 Å². The van der Waals surface area contributed by atoms with Crippen molar-refractivity contribution in [3.05, 3.63) is 72.0 Å². The summed E-state index contributed by atoms with van der Waals surface area (Å²) >= 11 is 3.52. The fourth-order valence-corrected chi connectivity index (χ4v) is 4.26. The Labute approximate surface area is 224 Å². The van der Waals surface area contributed by atoms with E-state index in [1.54, 1.807) is 13.3 Å². The summed E-state index contributed by atoms with van der Waals surface area (Å²) < 4.78 is 8.72. The van der Waals surface area contributed by atoms with Gasteiger partial charge in [0.2, 0.25) is 11.9 Å². The molecule has 0 fully saturated rings. The van der Waals surface area contributed by atoms with Crippen LogP contribution in [0.1, 0.15) is 0 Å². The molecule has 2 aromatic carbocycles. The first-order valence-corrected chi connectivity index (χ1v) is 12.5. The largest absolute Gasteiger partial charge is 0.494 e. The predicted molar refractivity (Wildman–Crippen MR) is 153 cm³/mol. The van der Waals surface area contributed by atoms with E-state index in [4.69, 9.17) is 9.72 Å². The fourth-order valence-electron chi connectivity index (χ4n) is 3.88. The van der Waals surface area contributed by atoms with Crippen molar-refractivity contribution in [2.45, 2.75) is 0 Å². The third-order valence-corrected chi connectivity index (χ3v) is 6.33. The molecule has 0 radical (unpaired) electrons. The zero-order chi connectivity index (χ0) is 26.5. The Morgan fingerprint density at radius 3 is 2.68 bits per heavy atom. The molecule has 0 aliphatic carbocycles. The van der Waals surface area contributed by atoms with E-state index >= 15 is 0 Å². The first kappa shape index (κ1) is 26.2. The Morgan fingerprint density at radius 2 is 1.95 bits per heavy atom. The molecule has 0 saturated carbocycles. The van der Waals surface area contributed by atoms with Crippen LogP contribution >= 0.6 is 15.9 Å². The normalized spacial score (nSPS) is 11.0. The summed E-state index contributed by atoms with van der Waals surface area (Å²) in [6.07, 6.45) is 4.92. The van der Waals surface area contributed by atoms with Gasteiger partial charge in [-0.1, -0.05) is 22.5 Å². The molecule has 10 heteroatoms. The van der Waals surface area contributed by atoms with Crippen LogP contribution in [-0.2, 0) is 4.79 Å². The van der Waals surface area contributed by atoms with E-state index in [9.17, 15) is 4.79 Å². The Balaban J connectivity index is 1.69. The van der Waals surface area contributed by atoms with Crippen LogP contribution in [-0.4, -0.2) is 66.7 Å². The van der Waals surface area contributed by atoms with Gasteiger partial charge < -0.3 is 29.7 Å². The summed E-state index contributed by atoms with van der Waals surface area (Å²) in [5.74, 6) is 1.40. The highest BCUT2D eigenvalue weighted by molar-refractivity contribution is 9.10. The second-order valence-corrected chi connectivity index (χ2v) is 9.66. The van der Waals surface area contributed by atoms with Gasteiger partial charge in [-0.15, -0.1) is 0 Å². The van der Waals surface area contributed by atoms with Gasteiger partial charge >= 0.3 is 0 Å². The number of hydrogen-bond donors (Lipinski definition) is 2. The van der Waals surface area contributed by atoms with Crippen molar-refractivity contribution >= 4 is 55.8 Å². The summed E-state index contributed by atoms with van der Waals surface area (Å²) in [5.41, 5.74) is 3.08. The lowest BCUT2D eigenvalue weighted by molar-refractivity contribution is -0.111. The molecule has 4 rings (SSSR count). The molecule has 2 N–H and O–H groups in total. The number of hydrogen-bond acceptors (Lipinski definition) is 7. The fraction of sp³-hybridized carbons (Fsp3) is 0.222. The van der Waals surface area contributed by atoms with Crippen LogP contribution in [0.15, 0.2) is 72.0 Å². The van der Waals surface area contributed by atoms with E-state index in [1.807, 2.05) is 68.3 Å². The molecule has 0 unspecified atom stereocenters. The van der Waals surface area contributed by atoms with Gasteiger partial charge in [-0.2, -0.15) is 4.98 Å². The molecule has 4 aromatic rings. The van der Waals surface area contributed by atoms with E-state index in [-0.39, 0.29) is 5.91 Å². The van der Waals surface area contributed by atoms with Crippen molar-refractivity contribution in [1.82, 2.24) is 19.4 Å². The van der Waals surface area contributed by atoms with Crippen LogP contribution in [0.5, 0.6) is 5.75 Å². The second kappa shape index (κ2) is 11.4. The van der Waals surface area contributed by atoms with Gasteiger partial charge in [-0.05, 0) is 56.6 Å². The number of methoxy groups -OCH3 is 1. The molecule has 2 aromatic heterocycles. The number of halogens is 1. The number of rotatable bonds is 10. The molecule has 1 amide bonds. The first-order valence-electron chi connectivity index (χ1n) is 11.7. The van der Waals surface area contributed by atoms with Crippen LogP contribution in [0.25, 0.3) is 16.7 Å². The summed E-state index contributed by atoms with van der Waals surface area (Å²) in [7, 11) is 7.62. The summed E-state index contributed by atoms with van der Waals surface area (Å²) in [4.78, 5) is 25.5. The molecular weight excluding hydrogens is 534 g/mol. The minimum atomic E-state index is -0.303. The summed E-state index contributed by atoms with van der Waals surface area (Å²) in [6.45, 7) is 5.18. The molecule has 0 aliphatic rings. The summed E-state index contributed by atoms with van der Waals surface area (Å²) in [5, 5.41) is 7.27. The number of ether oxygens (including phenoxy) is 1. The minimum absolute atomic E-state index is 0.303. The van der Waals surface area contributed by atoms with Gasteiger partial charge in [-0.3, -0.25) is 4.79 Å². The lowest BCUT2D eigenvalue weighted by atomic mass is 10.2. The number of aromatic nitrogens is 3. The standard InChI is InChI=1S/C27H30BrN7O2/c1-6-26(36)30-20-16-21(24(37-5)17-23(20)34(4)14-13-33(2)3)31-27-29-11-9-25(32-27)35-12-10-18-15-19(28)7-8-22(18)35/h6-12,15-17H,1,13-14H2,2-5H3,(H,30,36)(H,29,31,32). The van der Waals surface area contributed by atoms with E-state index in [2.05, 4.69) is 54.0 Å². The number of amides is 1. The Kier molecular flexibility index (Phi) is 8.10. The molecule has 192 valence electrons. The Bertz CT molecular complexity index is 1430. The van der Waals surface area contributed by atoms with Crippen molar-refractivity contribution in [2.24, 2.45) is 0 Å². The molecule has 9 nitrogen and oxygen atoms in total. The van der Waals surface area contributed by atoms with Gasteiger partial charge in [0, 0.05) is 48.5 Å². The van der Waals surface area contributed by atoms with Crippen LogP contribution < -0.4 is 20.3 Å². The van der Waals surface area contributed by atoms with Crippen molar-refractivity contribution in [2.75, 3.05) is 56.9 Å². The van der Waals surface area contributed by atoms with Crippen LogP contribution in [0.3, 0.4) is 0 Å². The van der Waals surface area contributed by atoms with Crippen LogP contribution in [0.2, 0.25) is 0 Å². The predicted octanol–water partition coefficient (Wildman–Crippen LogP) is 5.06. The molecular formula is C27H30BrN7O2. The lowest BCUT2D eigenvalue weighted by Gasteiger charge is -2.26. The average Bonchev–Trinajstić information content (AvgIpc) is 3.30. The zero-order valence-electron chi connectivity index (χ0n) is 21.3. The molecule has 0 saturated heterocycles. The number of carbonyl (C=O) groups is 1. The molecule has 37 heavy (non-hydrogen) atoms. The van der Waals surface area contributed by atoms with Crippen molar-refractivity contribution in [3.8, 4) is 11.6 Å². The number of benzene rings is 2. The molecule has 0 spiro atoms. The topological polar surface area (TPSA) is 87.5 Å². The van der Waals surface area contributed by atoms with Gasteiger partial charge in [-0.25, -0.2) is 4.98 Å². The number of nitrogens with zero attached hydrogens (tertiary/aromatic N) is 5. The quantitative estimate of drug-likeness (QED) is 0.261. The summed E-state index contributed by atoms with van der Waals surface area (Å²) in [6, 6.07) is 13.7. The van der Waals surface area contributed by atoms with Crippen LogP contribution in [0.4, 0.5) is 23.0 Å². The number of anilines is 4. The molecule has 0 atom stereocenters. The van der Waals surface area contributed by atoms with E-state index < -0.39 is 0 Å². The Hall–Kier alpha value is -3.89. The molecule has 2 heterocycles. The first-order chi connectivity index (χ1) is 17.8. The number of carbonyl (C=O) groups excluding carboxylic acids is 1. The highest BCUT2D eigenvalue weighted by atomic mass is 79.9. The smallest absolute Gasteiger partial charge is 0.247 e. The van der Waals surface area contributed by atoms with E-state index in [0.29, 0.717) is 28.9 Å². The Morgan fingerprint density at radius 1 is 1.14 bits per heavy atom. The number of likely N-dealkylation sites (N-methyl/N-ethyl adjacent to an activating group) is 2. The molecule has 0 aliphatic heterocycles. The van der Waals surface area contributed by atoms with E-state index in [1.165, 1.54) is 6.08 Å². The minimum Gasteiger partial charge on any atom is -0.494 e. The maximum absolute atomic E-state index is 12.2. The average molecular weight is 564 g/mol. The van der Waals surface area contributed by atoms with Crippen molar-refractivity contribution in [1.29, 1.82) is 0 Å². The van der Waals surface area contributed by atoms with Gasteiger partial charge in [0.05, 0.1) is 29.7 Å². The monoisotopic (exact) mass is 563 g/mol. The highest BCUT2D eigenvalue weighted by Crippen LogP contribution is 2.38. The SMILES string of the molecule is C=CC(=O)Nc1cc(Nc2nccc(-n3ccc4cc(Br)ccc43)n2)c(OC)cc1N(C)CCN(C)C. The van der Waals surface area contributed by atoms with Crippen molar-refractivity contribution < 1.29 is 9.53 Å². The number of fused-ring (bicyclic) bond motifs is 1. The molecule has 0 bridgehead atoms. The maximum Gasteiger partial charge on any atom is 0.247 e. The van der Waals surface area contributed by atoms with Crippen LogP contribution in [0, 0.1) is 0 Å². The number of nitrogens with one attached hydrogen (secondary N) is 2. The van der Waals surface area contributed by atoms with Crippen molar-refractivity contribution in [3.63, 3.8) is 0 Å². The zero-order valence-corrected chi connectivity index (χ0v) is 22.9. The lowest BCUT2D eigenvalue weighted by Crippen LogP contribution is -2.29.